The van der Waals surface area contributed by atoms with Gasteiger partial charge in [-0.3, -0.25) is 0 Å². The van der Waals surface area contributed by atoms with Crippen LogP contribution in [0.5, 0.6) is 0 Å². The number of carboxylic acid groups (broad SMARTS) is 1. The molecule has 1 saturated heterocycles. The molecule has 2 heterocycles. The second kappa shape index (κ2) is 6.05. The van der Waals surface area contributed by atoms with E-state index in [9.17, 15) is 9.90 Å². The summed E-state index contributed by atoms with van der Waals surface area (Å²) >= 11 is 0. The molecule has 0 spiro atoms. The summed E-state index contributed by atoms with van der Waals surface area (Å²) in [5.74, 6) is -0.358. The third-order valence-electron chi connectivity index (χ3n) is 4.05. The zero-order valence-corrected chi connectivity index (χ0v) is 12.6. The van der Waals surface area contributed by atoms with Crippen LogP contribution in [0.15, 0.2) is 42.6 Å². The van der Waals surface area contributed by atoms with Gasteiger partial charge in [-0.25, -0.2) is 9.78 Å². The summed E-state index contributed by atoms with van der Waals surface area (Å²) in [7, 11) is 0. The Balaban J connectivity index is 1.75. The van der Waals surface area contributed by atoms with E-state index in [4.69, 9.17) is 0 Å². The highest BCUT2D eigenvalue weighted by Crippen LogP contribution is 2.24. The third-order valence-corrected chi connectivity index (χ3v) is 4.05. The number of aromatic carboxylic acids is 1. The highest BCUT2D eigenvalue weighted by Gasteiger charge is 2.22. The molecule has 5 nitrogen and oxygen atoms in total. The van der Waals surface area contributed by atoms with Crippen LogP contribution >= 0.6 is 0 Å². The zero-order valence-electron chi connectivity index (χ0n) is 12.6. The number of hydrogen-bond acceptors (Lipinski definition) is 4. The smallest absolute Gasteiger partial charge is 0.339 e. The summed E-state index contributed by atoms with van der Waals surface area (Å²) in [5, 5.41) is 9.29. The number of nitrogens with zero attached hydrogens (tertiary/aromatic N) is 3. The maximum absolute atomic E-state index is 11.3. The van der Waals surface area contributed by atoms with Crippen LogP contribution in [0, 0.1) is 6.92 Å². The molecule has 1 N–H and O–H groups in total. The predicted octanol–water partition coefficient (Wildman–Crippen LogP) is 2.41. The Hall–Kier alpha value is -2.56. The predicted molar refractivity (Wildman–Crippen MR) is 86.8 cm³/mol. The van der Waals surface area contributed by atoms with E-state index >= 15 is 0 Å². The molecule has 114 valence electrons. The van der Waals surface area contributed by atoms with Gasteiger partial charge in [0.05, 0.1) is 0 Å². The van der Waals surface area contributed by atoms with Crippen LogP contribution in [-0.4, -0.2) is 42.2 Å². The van der Waals surface area contributed by atoms with Crippen molar-refractivity contribution in [3.8, 4) is 0 Å². The number of piperazine rings is 1. The van der Waals surface area contributed by atoms with E-state index in [1.165, 1.54) is 11.3 Å². The topological polar surface area (TPSA) is 56.7 Å². The van der Waals surface area contributed by atoms with E-state index < -0.39 is 5.97 Å². The average molecular weight is 297 g/mol. The van der Waals surface area contributed by atoms with Crippen molar-refractivity contribution in [1.29, 1.82) is 0 Å². The number of para-hydroxylation sites is 1. The van der Waals surface area contributed by atoms with E-state index in [0.717, 1.165) is 26.2 Å². The van der Waals surface area contributed by atoms with E-state index in [1.807, 2.05) is 6.07 Å². The highest BCUT2D eigenvalue weighted by atomic mass is 16.4. The number of pyridine rings is 1. The first kappa shape index (κ1) is 14.4. The molecule has 1 aromatic heterocycles. The normalized spacial score (nSPS) is 15.0. The van der Waals surface area contributed by atoms with Crippen molar-refractivity contribution in [1.82, 2.24) is 4.98 Å². The number of aryl methyl sites for hydroxylation is 1. The van der Waals surface area contributed by atoms with Crippen LogP contribution in [0.2, 0.25) is 0 Å². The fourth-order valence-electron chi connectivity index (χ4n) is 2.89. The van der Waals surface area contributed by atoms with E-state index in [1.54, 1.807) is 18.3 Å². The molecule has 0 bridgehead atoms. The number of carbonyl (C=O) groups is 1. The minimum absolute atomic E-state index is 0.270. The lowest BCUT2D eigenvalue weighted by Gasteiger charge is -2.37. The summed E-state index contributed by atoms with van der Waals surface area (Å²) < 4.78 is 0. The number of aromatic nitrogens is 1. The lowest BCUT2D eigenvalue weighted by molar-refractivity contribution is 0.0697. The Morgan fingerprint density at radius 1 is 1.05 bits per heavy atom. The average Bonchev–Trinajstić information content (AvgIpc) is 2.55. The maximum atomic E-state index is 11.3. The third kappa shape index (κ3) is 2.74. The van der Waals surface area contributed by atoms with Gasteiger partial charge in [-0.15, -0.1) is 0 Å². The van der Waals surface area contributed by atoms with Crippen LogP contribution in [0.3, 0.4) is 0 Å². The molecular formula is C17H19N3O2. The van der Waals surface area contributed by atoms with Gasteiger partial charge in [0.15, 0.2) is 0 Å². The minimum atomic E-state index is -0.926. The number of rotatable bonds is 3. The van der Waals surface area contributed by atoms with Crippen molar-refractivity contribution in [2.75, 3.05) is 36.0 Å². The van der Waals surface area contributed by atoms with Gasteiger partial charge in [0, 0.05) is 38.1 Å². The molecule has 1 fully saturated rings. The van der Waals surface area contributed by atoms with Gasteiger partial charge in [0.2, 0.25) is 0 Å². The minimum Gasteiger partial charge on any atom is -0.478 e. The quantitative estimate of drug-likeness (QED) is 0.943. The fraction of sp³-hybridized carbons (Fsp3) is 0.294. The maximum Gasteiger partial charge on any atom is 0.339 e. The molecule has 2 aromatic rings. The Morgan fingerprint density at radius 2 is 1.73 bits per heavy atom. The van der Waals surface area contributed by atoms with Crippen molar-refractivity contribution < 1.29 is 9.90 Å². The molecule has 3 rings (SSSR count). The molecule has 0 radical (unpaired) electrons. The fourth-order valence-corrected chi connectivity index (χ4v) is 2.89. The molecule has 1 aromatic carbocycles. The summed E-state index contributed by atoms with van der Waals surface area (Å²) in [6.07, 6.45) is 1.65. The van der Waals surface area contributed by atoms with Gasteiger partial charge in [0.25, 0.3) is 0 Å². The largest absolute Gasteiger partial charge is 0.478 e. The lowest BCUT2D eigenvalue weighted by Crippen LogP contribution is -2.47. The Kier molecular flexibility index (Phi) is 3.96. The summed E-state index contributed by atoms with van der Waals surface area (Å²) in [6.45, 7) is 5.38. The number of anilines is 2. The van der Waals surface area contributed by atoms with Crippen LogP contribution in [0.1, 0.15) is 15.9 Å². The zero-order chi connectivity index (χ0) is 15.5. The van der Waals surface area contributed by atoms with Crippen LogP contribution < -0.4 is 9.80 Å². The van der Waals surface area contributed by atoms with Crippen LogP contribution in [-0.2, 0) is 0 Å². The molecular weight excluding hydrogens is 278 g/mol. The monoisotopic (exact) mass is 297 g/mol. The number of carboxylic acids is 1. The second-order valence-corrected chi connectivity index (χ2v) is 5.44. The number of benzene rings is 1. The van der Waals surface area contributed by atoms with Crippen LogP contribution in [0.4, 0.5) is 11.5 Å². The molecule has 1 aliphatic heterocycles. The molecule has 0 saturated carbocycles. The molecule has 0 amide bonds. The molecule has 5 heteroatoms. The van der Waals surface area contributed by atoms with Gasteiger partial charge in [-0.2, -0.15) is 0 Å². The van der Waals surface area contributed by atoms with Crippen molar-refractivity contribution in [3.63, 3.8) is 0 Å². The first-order valence-electron chi connectivity index (χ1n) is 7.40. The van der Waals surface area contributed by atoms with Gasteiger partial charge >= 0.3 is 5.97 Å². The number of hydrogen-bond donors (Lipinski definition) is 1. The van der Waals surface area contributed by atoms with E-state index in [-0.39, 0.29) is 5.56 Å². The van der Waals surface area contributed by atoms with Gasteiger partial charge in [-0.1, -0.05) is 18.2 Å². The molecule has 0 unspecified atom stereocenters. The summed E-state index contributed by atoms with van der Waals surface area (Å²) in [6, 6.07) is 11.6. The second-order valence-electron chi connectivity index (χ2n) is 5.44. The van der Waals surface area contributed by atoms with Crippen molar-refractivity contribution >= 4 is 17.5 Å². The van der Waals surface area contributed by atoms with Crippen molar-refractivity contribution in [2.45, 2.75) is 6.92 Å². The molecule has 22 heavy (non-hydrogen) atoms. The lowest BCUT2D eigenvalue weighted by atomic mass is 10.1. The van der Waals surface area contributed by atoms with Gasteiger partial charge < -0.3 is 14.9 Å². The summed E-state index contributed by atoms with van der Waals surface area (Å²) in [4.78, 5) is 20.0. The molecule has 0 aliphatic carbocycles. The molecule has 0 atom stereocenters. The Bertz CT molecular complexity index is 679. The summed E-state index contributed by atoms with van der Waals surface area (Å²) in [5.41, 5.74) is 2.79. The Morgan fingerprint density at radius 3 is 2.41 bits per heavy atom. The van der Waals surface area contributed by atoms with Crippen molar-refractivity contribution in [2.24, 2.45) is 0 Å². The first-order chi connectivity index (χ1) is 10.7. The van der Waals surface area contributed by atoms with E-state index in [0.29, 0.717) is 5.82 Å². The van der Waals surface area contributed by atoms with Gasteiger partial charge in [0.1, 0.15) is 11.4 Å². The van der Waals surface area contributed by atoms with Crippen molar-refractivity contribution in [3.05, 3.63) is 53.7 Å². The van der Waals surface area contributed by atoms with Gasteiger partial charge in [-0.05, 0) is 30.7 Å². The Labute approximate surface area is 129 Å². The van der Waals surface area contributed by atoms with Crippen LogP contribution in [0.25, 0.3) is 0 Å². The highest BCUT2D eigenvalue weighted by molar-refractivity contribution is 5.93. The first-order valence-corrected chi connectivity index (χ1v) is 7.40. The van der Waals surface area contributed by atoms with E-state index in [2.05, 4.69) is 39.9 Å². The SMILES string of the molecule is Cc1ccccc1N1CCN(c2ncccc2C(=O)O)CC1. The standard InChI is InChI=1S/C17H19N3O2/c1-13-5-2-3-7-15(13)19-9-11-20(12-10-19)16-14(17(21)22)6-4-8-18-16/h2-8H,9-12H2,1H3,(H,21,22). The molecule has 1 aliphatic rings.